The van der Waals surface area contributed by atoms with Crippen LogP contribution in [0, 0.1) is 5.92 Å². The molecule has 0 unspecified atom stereocenters. The zero-order valence-corrected chi connectivity index (χ0v) is 16.5. The minimum Gasteiger partial charge on any atom is -0.391 e. The summed E-state index contributed by atoms with van der Waals surface area (Å²) in [6.45, 7) is 6.63. The molecule has 27 heavy (non-hydrogen) atoms. The second-order valence-corrected chi connectivity index (χ2v) is 7.00. The van der Waals surface area contributed by atoms with E-state index >= 15 is 0 Å². The first kappa shape index (κ1) is 24.8. The summed E-state index contributed by atoms with van der Waals surface area (Å²) in [5.41, 5.74) is 10.8. The SMILES string of the molecule is CC(=O)N[C@H](C(=O)N[C@@H](CCCN)C(=O)N[C@@H](CC(C)C)C(N)=O)[C@H](C)O. The Bertz CT molecular complexity index is 524. The van der Waals surface area contributed by atoms with Crippen LogP contribution in [0.4, 0.5) is 0 Å². The number of nitrogens with one attached hydrogen (secondary N) is 3. The highest BCUT2D eigenvalue weighted by atomic mass is 16.3. The van der Waals surface area contributed by atoms with Crippen LogP contribution in [-0.2, 0) is 19.2 Å². The average Bonchev–Trinajstić information content (AvgIpc) is 2.54. The number of aliphatic hydroxyl groups excluding tert-OH is 1. The highest BCUT2D eigenvalue weighted by Crippen LogP contribution is 2.06. The standard InChI is InChI=1S/C17H33N5O5/c1-9(2)8-13(15(19)25)22-16(26)12(6-5-7-18)21-17(27)14(10(3)23)20-11(4)24/h9-10,12-14,23H,5-8,18H2,1-4H3,(H2,19,25)(H,20,24)(H,21,27)(H,22,26)/t10-,12-,13-,14-/m0/s1. The van der Waals surface area contributed by atoms with Gasteiger partial charge in [0.15, 0.2) is 0 Å². The van der Waals surface area contributed by atoms with Crippen molar-refractivity contribution in [1.82, 2.24) is 16.0 Å². The van der Waals surface area contributed by atoms with Crippen molar-refractivity contribution in [2.24, 2.45) is 17.4 Å². The topological polar surface area (TPSA) is 177 Å². The lowest BCUT2D eigenvalue weighted by molar-refractivity contribution is -0.134. The molecule has 0 bridgehead atoms. The number of nitrogens with two attached hydrogens (primary N) is 2. The third-order valence-electron chi connectivity index (χ3n) is 3.82. The van der Waals surface area contributed by atoms with Crippen molar-refractivity contribution in [2.75, 3.05) is 6.54 Å². The van der Waals surface area contributed by atoms with Crippen LogP contribution in [0.15, 0.2) is 0 Å². The average molecular weight is 387 g/mol. The first-order valence-electron chi connectivity index (χ1n) is 9.04. The van der Waals surface area contributed by atoms with E-state index < -0.39 is 47.9 Å². The summed E-state index contributed by atoms with van der Waals surface area (Å²) < 4.78 is 0. The van der Waals surface area contributed by atoms with Gasteiger partial charge in [-0.15, -0.1) is 0 Å². The molecule has 4 amide bonds. The van der Waals surface area contributed by atoms with Gasteiger partial charge in [-0.05, 0) is 38.6 Å². The van der Waals surface area contributed by atoms with Gasteiger partial charge in [-0.2, -0.15) is 0 Å². The number of hydrogen-bond acceptors (Lipinski definition) is 6. The van der Waals surface area contributed by atoms with Crippen LogP contribution in [0.3, 0.4) is 0 Å². The van der Waals surface area contributed by atoms with Crippen molar-refractivity contribution in [3.63, 3.8) is 0 Å². The Morgan fingerprint density at radius 2 is 1.52 bits per heavy atom. The Labute approximate surface area is 159 Å². The summed E-state index contributed by atoms with van der Waals surface area (Å²) in [6, 6.07) is -3.05. The van der Waals surface area contributed by atoms with Gasteiger partial charge in [0.25, 0.3) is 0 Å². The van der Waals surface area contributed by atoms with Gasteiger partial charge in [-0.1, -0.05) is 13.8 Å². The third-order valence-corrected chi connectivity index (χ3v) is 3.82. The van der Waals surface area contributed by atoms with Crippen LogP contribution in [-0.4, -0.2) is 59.5 Å². The maximum atomic E-state index is 12.6. The van der Waals surface area contributed by atoms with E-state index in [1.165, 1.54) is 13.8 Å². The van der Waals surface area contributed by atoms with Gasteiger partial charge in [0.1, 0.15) is 18.1 Å². The van der Waals surface area contributed by atoms with E-state index in [9.17, 15) is 24.3 Å². The molecular formula is C17H33N5O5. The fourth-order valence-electron chi connectivity index (χ4n) is 2.47. The molecule has 0 rings (SSSR count). The van der Waals surface area contributed by atoms with Crippen molar-refractivity contribution in [2.45, 2.75) is 71.2 Å². The summed E-state index contributed by atoms with van der Waals surface area (Å²) in [6.07, 6.45) is -0.121. The Kier molecular flexibility index (Phi) is 11.2. The molecule has 0 aliphatic carbocycles. The van der Waals surface area contributed by atoms with Gasteiger partial charge in [0.2, 0.25) is 23.6 Å². The predicted molar refractivity (Wildman–Crippen MR) is 100 cm³/mol. The molecule has 0 heterocycles. The minimum atomic E-state index is -1.21. The quantitative estimate of drug-likeness (QED) is 0.228. The molecule has 0 saturated heterocycles. The van der Waals surface area contributed by atoms with Gasteiger partial charge in [-0.25, -0.2) is 0 Å². The van der Waals surface area contributed by atoms with Gasteiger partial charge in [-0.3, -0.25) is 19.2 Å². The summed E-state index contributed by atoms with van der Waals surface area (Å²) in [7, 11) is 0. The van der Waals surface area contributed by atoms with Crippen LogP contribution in [0.2, 0.25) is 0 Å². The summed E-state index contributed by atoms with van der Waals surface area (Å²) >= 11 is 0. The molecule has 0 saturated carbocycles. The Morgan fingerprint density at radius 1 is 0.963 bits per heavy atom. The van der Waals surface area contributed by atoms with E-state index in [4.69, 9.17) is 11.5 Å². The van der Waals surface area contributed by atoms with E-state index in [1.807, 2.05) is 13.8 Å². The fraction of sp³-hybridized carbons (Fsp3) is 0.765. The highest BCUT2D eigenvalue weighted by Gasteiger charge is 2.30. The second kappa shape index (κ2) is 12.2. The summed E-state index contributed by atoms with van der Waals surface area (Å²) in [5, 5.41) is 17.1. The number of aliphatic hydroxyl groups is 1. The number of primary amides is 1. The van der Waals surface area contributed by atoms with Crippen molar-refractivity contribution in [3.05, 3.63) is 0 Å². The molecule has 156 valence electrons. The summed E-state index contributed by atoms with van der Waals surface area (Å²) in [4.78, 5) is 47.8. The molecule has 0 spiro atoms. The van der Waals surface area contributed by atoms with Gasteiger partial charge >= 0.3 is 0 Å². The molecule has 8 N–H and O–H groups in total. The number of rotatable bonds is 12. The molecule has 10 heteroatoms. The molecule has 0 aromatic heterocycles. The van der Waals surface area contributed by atoms with Crippen molar-refractivity contribution in [3.8, 4) is 0 Å². The lowest BCUT2D eigenvalue weighted by Gasteiger charge is -2.26. The predicted octanol–water partition coefficient (Wildman–Crippen LogP) is -1.89. The molecule has 0 radical (unpaired) electrons. The zero-order valence-electron chi connectivity index (χ0n) is 16.5. The van der Waals surface area contributed by atoms with Crippen molar-refractivity contribution in [1.29, 1.82) is 0 Å². The molecular weight excluding hydrogens is 354 g/mol. The fourth-order valence-corrected chi connectivity index (χ4v) is 2.47. The normalized spacial score (nSPS) is 15.4. The van der Waals surface area contributed by atoms with Crippen molar-refractivity contribution >= 4 is 23.6 Å². The lowest BCUT2D eigenvalue weighted by Crippen LogP contribution is -2.58. The van der Waals surface area contributed by atoms with E-state index in [-0.39, 0.29) is 12.3 Å². The van der Waals surface area contributed by atoms with E-state index in [2.05, 4.69) is 16.0 Å². The first-order valence-corrected chi connectivity index (χ1v) is 9.04. The molecule has 0 aliphatic heterocycles. The molecule has 0 aliphatic rings. The van der Waals surface area contributed by atoms with E-state index in [1.54, 1.807) is 0 Å². The summed E-state index contributed by atoms with van der Waals surface area (Å²) in [5.74, 6) is -2.32. The number of carbonyl (C=O) groups excluding carboxylic acids is 4. The van der Waals surface area contributed by atoms with E-state index in [0.29, 0.717) is 19.4 Å². The molecule has 10 nitrogen and oxygen atoms in total. The zero-order chi connectivity index (χ0) is 21.1. The van der Waals surface area contributed by atoms with Crippen molar-refractivity contribution < 1.29 is 24.3 Å². The van der Waals surface area contributed by atoms with Gasteiger partial charge in [0, 0.05) is 6.92 Å². The Morgan fingerprint density at radius 3 is 1.93 bits per heavy atom. The van der Waals surface area contributed by atoms with Crippen LogP contribution in [0.25, 0.3) is 0 Å². The number of hydrogen-bond donors (Lipinski definition) is 6. The number of carbonyl (C=O) groups is 4. The minimum absolute atomic E-state index is 0.124. The maximum absolute atomic E-state index is 12.6. The molecule has 0 aromatic rings. The smallest absolute Gasteiger partial charge is 0.245 e. The maximum Gasteiger partial charge on any atom is 0.245 e. The van der Waals surface area contributed by atoms with Crippen LogP contribution in [0.5, 0.6) is 0 Å². The van der Waals surface area contributed by atoms with Crippen LogP contribution < -0.4 is 27.4 Å². The largest absolute Gasteiger partial charge is 0.391 e. The Hall–Kier alpha value is -2.20. The monoisotopic (exact) mass is 387 g/mol. The first-order chi connectivity index (χ1) is 12.5. The van der Waals surface area contributed by atoms with Gasteiger partial charge < -0.3 is 32.5 Å². The molecule has 0 fully saturated rings. The third kappa shape index (κ3) is 9.90. The number of amides is 4. The lowest BCUT2D eigenvalue weighted by atomic mass is 10.0. The van der Waals surface area contributed by atoms with Crippen LogP contribution >= 0.6 is 0 Å². The van der Waals surface area contributed by atoms with Crippen LogP contribution in [0.1, 0.15) is 47.0 Å². The van der Waals surface area contributed by atoms with E-state index in [0.717, 1.165) is 0 Å². The molecule has 4 atom stereocenters. The van der Waals surface area contributed by atoms with Gasteiger partial charge in [0.05, 0.1) is 6.10 Å². The highest BCUT2D eigenvalue weighted by molar-refractivity contribution is 5.94. The molecule has 0 aromatic carbocycles. The second-order valence-electron chi connectivity index (χ2n) is 7.00. The Balaban J connectivity index is 5.22.